The number of likely N-dealkylation sites (tertiary alicyclic amines) is 1. The fraction of sp³-hybridized carbons (Fsp3) is 0.462. The summed E-state index contributed by atoms with van der Waals surface area (Å²) in [6.45, 7) is 4.27. The molecule has 18 heavy (non-hydrogen) atoms. The number of nitrogens with zero attached hydrogens (tertiary/aromatic N) is 3. The van der Waals surface area contributed by atoms with Crippen LogP contribution in [0.25, 0.3) is 5.65 Å². The molecule has 0 amide bonds. The quantitative estimate of drug-likeness (QED) is 0.922. The average Bonchev–Trinajstić information content (AvgIpc) is 2.68. The van der Waals surface area contributed by atoms with Crippen LogP contribution in [-0.4, -0.2) is 38.1 Å². The van der Waals surface area contributed by atoms with Gasteiger partial charge in [-0.15, -0.1) is 0 Å². The minimum Gasteiger partial charge on any atom is -0.387 e. The number of rotatable bonds is 3. The first-order chi connectivity index (χ1) is 8.58. The van der Waals surface area contributed by atoms with Crippen molar-refractivity contribution in [1.82, 2.24) is 14.3 Å². The number of β-amino-alcohol motifs (C(OH)–C–C–N with tert-alkyl or cyclic N) is 1. The molecule has 0 unspecified atom stereocenters. The Bertz CT molecular complexity index is 575. The number of halogens is 1. The highest BCUT2D eigenvalue weighted by Gasteiger charge is 2.39. The van der Waals surface area contributed by atoms with Gasteiger partial charge in [0.15, 0.2) is 0 Å². The summed E-state index contributed by atoms with van der Waals surface area (Å²) in [6.07, 6.45) is 4.65. The summed E-state index contributed by atoms with van der Waals surface area (Å²) in [5.74, 6) is 0. The van der Waals surface area contributed by atoms with Crippen LogP contribution in [0.2, 0.25) is 5.02 Å². The molecule has 3 heterocycles. The second kappa shape index (κ2) is 4.23. The van der Waals surface area contributed by atoms with Crippen LogP contribution in [0.15, 0.2) is 24.5 Å². The van der Waals surface area contributed by atoms with Gasteiger partial charge < -0.3 is 9.51 Å². The molecular formula is C13H16ClN3O. The minimum atomic E-state index is -0.484. The zero-order chi connectivity index (χ0) is 12.8. The van der Waals surface area contributed by atoms with Gasteiger partial charge in [0.2, 0.25) is 0 Å². The molecule has 1 aliphatic heterocycles. The molecule has 0 atom stereocenters. The van der Waals surface area contributed by atoms with Crippen molar-refractivity contribution >= 4 is 17.2 Å². The van der Waals surface area contributed by atoms with E-state index >= 15 is 0 Å². The Hall–Kier alpha value is -1.10. The van der Waals surface area contributed by atoms with Crippen LogP contribution in [0.3, 0.4) is 0 Å². The van der Waals surface area contributed by atoms with E-state index in [1.807, 2.05) is 35.9 Å². The Morgan fingerprint density at radius 1 is 1.39 bits per heavy atom. The van der Waals surface area contributed by atoms with E-state index in [4.69, 9.17) is 11.6 Å². The molecule has 1 aliphatic rings. The third-order valence-corrected chi connectivity index (χ3v) is 3.77. The lowest BCUT2D eigenvalue weighted by molar-refractivity contribution is -0.103. The summed E-state index contributed by atoms with van der Waals surface area (Å²) in [7, 11) is 0. The SMILES string of the molecule is CCC1(O)CN(Cc2cn3cc(Cl)ccc3n2)C1. The molecule has 0 saturated carbocycles. The van der Waals surface area contributed by atoms with Gasteiger partial charge in [-0.1, -0.05) is 18.5 Å². The van der Waals surface area contributed by atoms with Crippen LogP contribution >= 0.6 is 11.6 Å². The monoisotopic (exact) mass is 265 g/mol. The Morgan fingerprint density at radius 2 is 2.17 bits per heavy atom. The third kappa shape index (κ3) is 2.11. The van der Waals surface area contributed by atoms with Crippen LogP contribution in [-0.2, 0) is 6.54 Å². The largest absolute Gasteiger partial charge is 0.387 e. The molecule has 0 aliphatic carbocycles. The van der Waals surface area contributed by atoms with Gasteiger partial charge in [0.1, 0.15) is 5.65 Å². The maximum Gasteiger partial charge on any atom is 0.137 e. The van der Waals surface area contributed by atoms with Gasteiger partial charge in [0.25, 0.3) is 0 Å². The van der Waals surface area contributed by atoms with E-state index in [-0.39, 0.29) is 0 Å². The first-order valence-corrected chi connectivity index (χ1v) is 6.54. The van der Waals surface area contributed by atoms with E-state index in [9.17, 15) is 5.11 Å². The Morgan fingerprint density at radius 3 is 2.89 bits per heavy atom. The van der Waals surface area contributed by atoms with Crippen molar-refractivity contribution < 1.29 is 5.11 Å². The number of fused-ring (bicyclic) bond motifs is 1. The Kier molecular flexibility index (Phi) is 2.81. The molecule has 1 saturated heterocycles. The van der Waals surface area contributed by atoms with Crippen LogP contribution < -0.4 is 0 Å². The van der Waals surface area contributed by atoms with E-state index in [1.165, 1.54) is 0 Å². The van der Waals surface area contributed by atoms with Crippen molar-refractivity contribution in [3.8, 4) is 0 Å². The number of aromatic nitrogens is 2. The van der Waals surface area contributed by atoms with Crippen LogP contribution in [0.1, 0.15) is 19.0 Å². The lowest BCUT2D eigenvalue weighted by atomic mass is 9.91. The van der Waals surface area contributed by atoms with Crippen molar-refractivity contribution in [1.29, 1.82) is 0 Å². The maximum atomic E-state index is 9.96. The third-order valence-electron chi connectivity index (χ3n) is 3.54. The van der Waals surface area contributed by atoms with Crippen molar-refractivity contribution in [2.75, 3.05) is 13.1 Å². The van der Waals surface area contributed by atoms with Crippen molar-refractivity contribution in [2.24, 2.45) is 0 Å². The van der Waals surface area contributed by atoms with E-state index in [1.54, 1.807) is 0 Å². The molecule has 3 rings (SSSR count). The van der Waals surface area contributed by atoms with Crippen molar-refractivity contribution in [2.45, 2.75) is 25.5 Å². The smallest absolute Gasteiger partial charge is 0.137 e. The highest BCUT2D eigenvalue weighted by Crippen LogP contribution is 2.25. The lowest BCUT2D eigenvalue weighted by Gasteiger charge is -2.45. The van der Waals surface area contributed by atoms with Gasteiger partial charge in [-0.3, -0.25) is 4.90 Å². The Labute approximate surface area is 111 Å². The van der Waals surface area contributed by atoms with Gasteiger partial charge >= 0.3 is 0 Å². The summed E-state index contributed by atoms with van der Waals surface area (Å²) >= 11 is 5.94. The number of pyridine rings is 1. The van der Waals surface area contributed by atoms with Gasteiger partial charge in [-0.05, 0) is 18.6 Å². The topological polar surface area (TPSA) is 40.8 Å². The maximum absolute atomic E-state index is 9.96. The lowest BCUT2D eigenvalue weighted by Crippen LogP contribution is -2.60. The zero-order valence-corrected chi connectivity index (χ0v) is 11.1. The molecular weight excluding hydrogens is 250 g/mol. The molecule has 1 fully saturated rings. The van der Waals surface area contributed by atoms with E-state index in [2.05, 4.69) is 9.88 Å². The zero-order valence-electron chi connectivity index (χ0n) is 10.3. The van der Waals surface area contributed by atoms with E-state index < -0.39 is 5.60 Å². The van der Waals surface area contributed by atoms with Crippen molar-refractivity contribution in [3.63, 3.8) is 0 Å². The number of aliphatic hydroxyl groups is 1. The first-order valence-electron chi connectivity index (χ1n) is 6.16. The minimum absolute atomic E-state index is 0.484. The summed E-state index contributed by atoms with van der Waals surface area (Å²) in [6, 6.07) is 3.75. The van der Waals surface area contributed by atoms with Gasteiger partial charge in [-0.25, -0.2) is 4.98 Å². The second-order valence-electron chi connectivity index (χ2n) is 5.07. The molecule has 0 radical (unpaired) electrons. The Balaban J connectivity index is 1.73. The molecule has 2 aromatic heterocycles. The number of hydrogen-bond acceptors (Lipinski definition) is 3. The van der Waals surface area contributed by atoms with Gasteiger partial charge in [-0.2, -0.15) is 0 Å². The first kappa shape index (κ1) is 12.0. The fourth-order valence-corrected chi connectivity index (χ4v) is 2.61. The van der Waals surface area contributed by atoms with E-state index in [0.717, 1.165) is 37.4 Å². The highest BCUT2D eigenvalue weighted by atomic mass is 35.5. The van der Waals surface area contributed by atoms with Crippen LogP contribution in [0.4, 0.5) is 0 Å². The molecule has 5 heteroatoms. The van der Waals surface area contributed by atoms with Crippen molar-refractivity contribution in [3.05, 3.63) is 35.2 Å². The average molecular weight is 266 g/mol. The fourth-order valence-electron chi connectivity index (χ4n) is 2.44. The standard InChI is InChI=1S/C13H16ClN3O/c1-2-13(18)8-16(9-13)6-11-7-17-5-10(14)3-4-12(17)15-11/h3-5,7,18H,2,6,8-9H2,1H3. The second-order valence-corrected chi connectivity index (χ2v) is 5.50. The van der Waals surface area contributed by atoms with Gasteiger partial charge in [0, 0.05) is 32.0 Å². The molecule has 4 nitrogen and oxygen atoms in total. The van der Waals surface area contributed by atoms with Crippen LogP contribution in [0, 0.1) is 0 Å². The summed E-state index contributed by atoms with van der Waals surface area (Å²) in [5, 5.41) is 10.7. The number of hydrogen-bond donors (Lipinski definition) is 1. The summed E-state index contributed by atoms with van der Waals surface area (Å²) in [4.78, 5) is 6.73. The molecule has 96 valence electrons. The molecule has 1 N–H and O–H groups in total. The van der Waals surface area contributed by atoms with Crippen LogP contribution in [0.5, 0.6) is 0 Å². The highest BCUT2D eigenvalue weighted by molar-refractivity contribution is 6.30. The summed E-state index contributed by atoms with van der Waals surface area (Å²) < 4.78 is 1.93. The predicted molar refractivity (Wildman–Crippen MR) is 70.7 cm³/mol. The predicted octanol–water partition coefficient (Wildman–Crippen LogP) is 1.94. The molecule has 0 bridgehead atoms. The summed E-state index contributed by atoms with van der Waals surface area (Å²) in [5.41, 5.74) is 1.43. The van der Waals surface area contributed by atoms with Gasteiger partial charge in [0.05, 0.1) is 16.3 Å². The molecule has 0 aromatic carbocycles. The number of imidazole rings is 1. The normalized spacial score (nSPS) is 19.1. The molecule has 0 spiro atoms. The molecule has 2 aromatic rings. The van der Waals surface area contributed by atoms with E-state index in [0.29, 0.717) is 5.02 Å².